The minimum absolute atomic E-state index is 0.0104. The molecule has 3 heterocycles. The summed E-state index contributed by atoms with van der Waals surface area (Å²) in [4.78, 5) is 12.5. The van der Waals surface area contributed by atoms with Gasteiger partial charge in [-0.05, 0) is 78.9 Å². The summed E-state index contributed by atoms with van der Waals surface area (Å²) in [6.07, 6.45) is 1.93. The van der Waals surface area contributed by atoms with Crippen molar-refractivity contribution in [2.45, 2.75) is 18.7 Å². The van der Waals surface area contributed by atoms with Crippen molar-refractivity contribution in [2.75, 3.05) is 0 Å². The third kappa shape index (κ3) is 4.28. The number of benzene rings is 3. The van der Waals surface area contributed by atoms with Crippen molar-refractivity contribution in [3.63, 3.8) is 0 Å². The van der Waals surface area contributed by atoms with Crippen molar-refractivity contribution in [3.8, 4) is 11.5 Å². The number of hydrogen-bond acceptors (Lipinski definition) is 6. The zero-order valence-corrected chi connectivity index (χ0v) is 21.4. The molecule has 0 bridgehead atoms. The molecule has 0 fully saturated rings. The third-order valence-corrected chi connectivity index (χ3v) is 7.04. The molecule has 0 spiro atoms. The average molecular weight is 594 g/mol. The molecule has 0 N–H and O–H groups in total. The monoisotopic (exact) mass is 592 g/mol. The van der Waals surface area contributed by atoms with Crippen LogP contribution >= 0.6 is 31.9 Å². The molecule has 174 valence electrons. The predicted molar refractivity (Wildman–Crippen MR) is 137 cm³/mol. The van der Waals surface area contributed by atoms with Crippen LogP contribution in [0, 0.1) is 0 Å². The van der Waals surface area contributed by atoms with E-state index in [4.69, 9.17) is 19.0 Å². The first-order chi connectivity index (χ1) is 17.0. The van der Waals surface area contributed by atoms with Crippen molar-refractivity contribution in [1.82, 2.24) is 5.01 Å². The minimum Gasteiger partial charge on any atom is -0.464 e. The molecular formula is C27H18Br2N2O4. The summed E-state index contributed by atoms with van der Waals surface area (Å²) in [5.41, 5.74) is 3.33. The van der Waals surface area contributed by atoms with Crippen molar-refractivity contribution < 1.29 is 18.7 Å². The third-order valence-electron chi connectivity index (χ3n) is 6.01. The topological polar surface area (TPSA) is 64.3 Å². The second kappa shape index (κ2) is 9.02. The van der Waals surface area contributed by atoms with Crippen LogP contribution in [0.3, 0.4) is 0 Å². The molecule has 6 nitrogen and oxygen atoms in total. The van der Waals surface area contributed by atoms with Crippen LogP contribution < -0.4 is 9.47 Å². The second-order valence-electron chi connectivity index (χ2n) is 8.24. The Hall–Kier alpha value is -3.36. The van der Waals surface area contributed by atoms with E-state index in [1.54, 1.807) is 42.7 Å². The Kier molecular flexibility index (Phi) is 5.70. The van der Waals surface area contributed by atoms with E-state index in [0.717, 1.165) is 37.3 Å². The highest BCUT2D eigenvalue weighted by Crippen LogP contribution is 2.48. The van der Waals surface area contributed by atoms with E-state index in [1.807, 2.05) is 41.4 Å². The summed E-state index contributed by atoms with van der Waals surface area (Å²) < 4.78 is 19.5. The van der Waals surface area contributed by atoms with E-state index in [2.05, 4.69) is 37.9 Å². The maximum Gasteiger partial charge on any atom is 0.343 e. The highest BCUT2D eigenvalue weighted by atomic mass is 79.9. The van der Waals surface area contributed by atoms with Crippen molar-refractivity contribution in [3.05, 3.63) is 117 Å². The van der Waals surface area contributed by atoms with Crippen LogP contribution in [0.4, 0.5) is 0 Å². The Balaban J connectivity index is 1.28. The molecule has 8 heteroatoms. The van der Waals surface area contributed by atoms with Gasteiger partial charge in [-0.2, -0.15) is 5.10 Å². The van der Waals surface area contributed by atoms with Gasteiger partial charge in [-0.15, -0.1) is 0 Å². The van der Waals surface area contributed by atoms with Gasteiger partial charge in [-0.3, -0.25) is 0 Å². The molecule has 35 heavy (non-hydrogen) atoms. The van der Waals surface area contributed by atoms with Crippen molar-refractivity contribution >= 4 is 43.5 Å². The Morgan fingerprint density at radius 3 is 2.49 bits per heavy atom. The molecule has 3 aromatic carbocycles. The van der Waals surface area contributed by atoms with E-state index in [1.165, 1.54) is 0 Å². The molecule has 2 aliphatic heterocycles. The van der Waals surface area contributed by atoms with Gasteiger partial charge >= 0.3 is 5.97 Å². The van der Waals surface area contributed by atoms with Gasteiger partial charge in [0, 0.05) is 26.5 Å². The number of rotatable bonds is 4. The summed E-state index contributed by atoms with van der Waals surface area (Å²) in [7, 11) is 0. The fourth-order valence-electron chi connectivity index (χ4n) is 4.32. The van der Waals surface area contributed by atoms with Gasteiger partial charge in [0.15, 0.2) is 0 Å². The highest BCUT2D eigenvalue weighted by molar-refractivity contribution is 9.10. The number of furan rings is 1. The fraction of sp³-hybridized carbons (Fsp3) is 0.111. The SMILES string of the molecule is O=C(Oc1ccc(C2Oc3ccc(Br)cc3C3CC(c4ccco4)=NN32)cc1)c1ccc(Br)cc1. The number of nitrogens with zero attached hydrogens (tertiary/aromatic N) is 2. The lowest BCUT2D eigenvalue weighted by molar-refractivity contribution is -0.0191. The zero-order valence-electron chi connectivity index (χ0n) is 18.2. The second-order valence-corrected chi connectivity index (χ2v) is 10.1. The first-order valence-corrected chi connectivity index (χ1v) is 12.6. The number of fused-ring (bicyclic) bond motifs is 3. The number of ether oxygens (including phenoxy) is 2. The van der Waals surface area contributed by atoms with Crippen LogP contribution in [0.2, 0.25) is 0 Å². The molecule has 2 aliphatic rings. The lowest BCUT2D eigenvalue weighted by Crippen LogP contribution is -2.33. The molecule has 4 aromatic rings. The number of hydrazone groups is 1. The lowest BCUT2D eigenvalue weighted by Gasteiger charge is -2.38. The van der Waals surface area contributed by atoms with E-state index >= 15 is 0 Å². The van der Waals surface area contributed by atoms with E-state index in [9.17, 15) is 4.79 Å². The quantitative estimate of drug-likeness (QED) is 0.184. The van der Waals surface area contributed by atoms with Gasteiger partial charge in [-0.25, -0.2) is 9.80 Å². The summed E-state index contributed by atoms with van der Waals surface area (Å²) in [5.74, 6) is 1.62. The lowest BCUT2D eigenvalue weighted by atomic mass is 9.97. The average Bonchev–Trinajstić information content (AvgIpc) is 3.55. The molecule has 0 radical (unpaired) electrons. The van der Waals surface area contributed by atoms with Gasteiger partial charge in [0.2, 0.25) is 6.23 Å². The molecular weight excluding hydrogens is 576 g/mol. The molecule has 0 saturated heterocycles. The maximum absolute atomic E-state index is 12.5. The summed E-state index contributed by atoms with van der Waals surface area (Å²) >= 11 is 6.95. The van der Waals surface area contributed by atoms with Crippen LogP contribution in [0.5, 0.6) is 11.5 Å². The number of halogens is 2. The molecule has 2 unspecified atom stereocenters. The molecule has 1 aromatic heterocycles. The number of esters is 1. The summed E-state index contributed by atoms with van der Waals surface area (Å²) in [6, 6.07) is 24.2. The fourth-order valence-corrected chi connectivity index (χ4v) is 4.97. The van der Waals surface area contributed by atoms with E-state index in [-0.39, 0.29) is 6.04 Å². The standard InChI is InChI=1S/C27H18Br2N2O4/c28-18-7-3-17(4-8-18)27(32)34-20-10-5-16(6-11-20)26-31-23(15-22(30-31)25-2-1-13-33-25)21-14-19(29)9-12-24(21)35-26/h1-14,23,26H,15H2. The van der Waals surface area contributed by atoms with Crippen LogP contribution in [-0.2, 0) is 0 Å². The number of carbonyl (C=O) groups is 1. The number of carbonyl (C=O) groups excluding carboxylic acids is 1. The Bertz CT molecular complexity index is 1420. The summed E-state index contributed by atoms with van der Waals surface area (Å²) in [6.45, 7) is 0. The predicted octanol–water partition coefficient (Wildman–Crippen LogP) is 7.27. The van der Waals surface area contributed by atoms with Crippen molar-refractivity contribution in [1.29, 1.82) is 0 Å². The molecule has 6 rings (SSSR count). The van der Waals surface area contributed by atoms with Crippen LogP contribution in [0.1, 0.15) is 45.9 Å². The first-order valence-electron chi connectivity index (χ1n) is 11.0. The number of hydrogen-bond donors (Lipinski definition) is 0. The van der Waals surface area contributed by atoms with Gasteiger partial charge in [0.05, 0.1) is 17.9 Å². The van der Waals surface area contributed by atoms with E-state index < -0.39 is 12.2 Å². The largest absolute Gasteiger partial charge is 0.464 e. The smallest absolute Gasteiger partial charge is 0.343 e. The zero-order chi connectivity index (χ0) is 23.9. The van der Waals surface area contributed by atoms with Crippen LogP contribution in [-0.4, -0.2) is 16.7 Å². The van der Waals surface area contributed by atoms with E-state index in [0.29, 0.717) is 17.7 Å². The Morgan fingerprint density at radius 2 is 1.74 bits per heavy atom. The molecule has 0 aliphatic carbocycles. The van der Waals surface area contributed by atoms with Gasteiger partial charge in [-0.1, -0.05) is 31.9 Å². The Labute approximate surface area is 218 Å². The molecule has 2 atom stereocenters. The van der Waals surface area contributed by atoms with Crippen molar-refractivity contribution in [2.24, 2.45) is 5.10 Å². The van der Waals surface area contributed by atoms with Gasteiger partial charge in [0.25, 0.3) is 0 Å². The molecule has 0 saturated carbocycles. The minimum atomic E-state index is -0.433. The molecule has 0 amide bonds. The summed E-state index contributed by atoms with van der Waals surface area (Å²) in [5, 5.41) is 6.86. The maximum atomic E-state index is 12.5. The van der Waals surface area contributed by atoms with Gasteiger partial charge in [0.1, 0.15) is 23.0 Å². The van der Waals surface area contributed by atoms with Crippen LogP contribution in [0.15, 0.2) is 104 Å². The normalized spacial score (nSPS) is 18.3. The highest BCUT2D eigenvalue weighted by Gasteiger charge is 2.41. The van der Waals surface area contributed by atoms with Crippen LogP contribution in [0.25, 0.3) is 0 Å². The Morgan fingerprint density at radius 1 is 0.971 bits per heavy atom. The first kappa shape index (κ1) is 22.1. The van der Waals surface area contributed by atoms with Gasteiger partial charge < -0.3 is 13.9 Å².